The molecule has 1 aromatic heterocycles. The Kier molecular flexibility index (Phi) is 3.73. The highest BCUT2D eigenvalue weighted by molar-refractivity contribution is 7.99. The maximum atomic E-state index is 10.8. The number of ether oxygens (including phenoxy) is 2. The number of hydrogen-bond donors (Lipinski definition) is 1. The predicted octanol–water partition coefficient (Wildman–Crippen LogP) is 3.40. The maximum Gasteiger partial charge on any atom is 0.271 e. The number of nitrogens with one attached hydrogen (secondary N) is 1. The molecule has 2 heterocycles. The van der Waals surface area contributed by atoms with Gasteiger partial charge in [-0.25, -0.2) is 4.98 Å². The lowest BCUT2D eigenvalue weighted by atomic mass is 10.3. The van der Waals surface area contributed by atoms with Crippen molar-refractivity contribution in [3.8, 4) is 11.5 Å². The minimum absolute atomic E-state index is 0.0447. The van der Waals surface area contributed by atoms with E-state index < -0.39 is 4.92 Å². The van der Waals surface area contributed by atoms with E-state index in [1.54, 1.807) is 6.07 Å². The van der Waals surface area contributed by atoms with Crippen molar-refractivity contribution in [2.75, 3.05) is 12.4 Å². The first kappa shape index (κ1) is 14.8. The van der Waals surface area contributed by atoms with Crippen molar-refractivity contribution in [1.29, 1.82) is 0 Å². The van der Waals surface area contributed by atoms with Gasteiger partial charge in [0, 0.05) is 17.9 Å². The number of para-hydroxylation sites is 2. The molecule has 1 aliphatic rings. The fourth-order valence-corrected chi connectivity index (χ4v) is 3.33. The molecule has 0 fully saturated rings. The van der Waals surface area contributed by atoms with E-state index in [1.165, 1.54) is 23.9 Å². The molecule has 122 valence electrons. The average Bonchev–Trinajstić information content (AvgIpc) is 3.01. The van der Waals surface area contributed by atoms with Crippen molar-refractivity contribution in [1.82, 2.24) is 9.97 Å². The van der Waals surface area contributed by atoms with E-state index in [-0.39, 0.29) is 11.8 Å². The predicted molar refractivity (Wildman–Crippen MR) is 89.8 cm³/mol. The first-order valence-corrected chi connectivity index (χ1v) is 8.33. The zero-order valence-corrected chi connectivity index (χ0v) is 13.3. The number of rotatable bonds is 4. The van der Waals surface area contributed by atoms with Crippen LogP contribution in [-0.4, -0.2) is 33.4 Å². The molecule has 0 saturated heterocycles. The molecule has 2 aromatic carbocycles. The van der Waals surface area contributed by atoms with Crippen LogP contribution in [0, 0.1) is 10.1 Å². The van der Waals surface area contributed by atoms with Crippen molar-refractivity contribution >= 4 is 28.5 Å². The van der Waals surface area contributed by atoms with Crippen LogP contribution in [0.25, 0.3) is 11.0 Å². The van der Waals surface area contributed by atoms with Gasteiger partial charge in [0.2, 0.25) is 0 Å². The lowest BCUT2D eigenvalue weighted by molar-refractivity contribution is -0.384. The van der Waals surface area contributed by atoms with Gasteiger partial charge in [-0.15, -0.1) is 0 Å². The van der Waals surface area contributed by atoms with Crippen LogP contribution in [0.1, 0.15) is 0 Å². The number of H-pyrrole nitrogens is 1. The van der Waals surface area contributed by atoms with E-state index in [2.05, 4.69) is 9.97 Å². The number of aromatic amines is 1. The van der Waals surface area contributed by atoms with Gasteiger partial charge in [-0.2, -0.15) is 0 Å². The summed E-state index contributed by atoms with van der Waals surface area (Å²) in [6.07, 6.45) is -0.0764. The molecule has 0 aliphatic carbocycles. The standard InChI is InChI=1S/C16H13N3O4S/c20-19(21)10-5-6-12-13(7-10)18-16(17-12)24-9-11-8-22-14-3-1-2-4-15(14)23-11/h1-7,11H,8-9H2,(H,17,18)/t11-/m1/s1. The molecule has 24 heavy (non-hydrogen) atoms. The van der Waals surface area contributed by atoms with E-state index in [0.717, 1.165) is 11.5 Å². The summed E-state index contributed by atoms with van der Waals surface area (Å²) in [5.74, 6) is 2.17. The number of nitrogens with zero attached hydrogens (tertiary/aromatic N) is 2. The summed E-state index contributed by atoms with van der Waals surface area (Å²) < 4.78 is 11.6. The molecular formula is C16H13N3O4S. The van der Waals surface area contributed by atoms with Gasteiger partial charge in [-0.1, -0.05) is 23.9 Å². The minimum Gasteiger partial charge on any atom is -0.486 e. The normalized spacial score (nSPS) is 16.2. The molecular weight excluding hydrogens is 330 g/mol. The van der Waals surface area contributed by atoms with Crippen molar-refractivity contribution in [2.24, 2.45) is 0 Å². The van der Waals surface area contributed by atoms with Gasteiger partial charge in [0.25, 0.3) is 5.69 Å². The lowest BCUT2D eigenvalue weighted by Crippen LogP contribution is -2.31. The van der Waals surface area contributed by atoms with Gasteiger partial charge in [0.05, 0.1) is 16.0 Å². The average molecular weight is 343 g/mol. The molecule has 0 bridgehead atoms. The number of non-ortho nitro benzene ring substituents is 1. The topological polar surface area (TPSA) is 90.3 Å². The Morgan fingerprint density at radius 3 is 2.96 bits per heavy atom. The summed E-state index contributed by atoms with van der Waals surface area (Å²) in [6, 6.07) is 12.2. The lowest BCUT2D eigenvalue weighted by Gasteiger charge is -2.25. The Bertz CT molecular complexity index is 911. The van der Waals surface area contributed by atoms with Crippen LogP contribution >= 0.6 is 11.8 Å². The number of benzene rings is 2. The van der Waals surface area contributed by atoms with Crippen LogP contribution < -0.4 is 9.47 Å². The summed E-state index contributed by atoms with van der Waals surface area (Å²) in [7, 11) is 0. The van der Waals surface area contributed by atoms with Crippen molar-refractivity contribution < 1.29 is 14.4 Å². The molecule has 0 radical (unpaired) electrons. The molecule has 7 nitrogen and oxygen atoms in total. The van der Waals surface area contributed by atoms with Gasteiger partial charge in [-0.3, -0.25) is 10.1 Å². The molecule has 3 aromatic rings. The Hall–Kier alpha value is -2.74. The van der Waals surface area contributed by atoms with Crippen LogP contribution in [0.4, 0.5) is 5.69 Å². The SMILES string of the molecule is O=[N+]([O-])c1ccc2nc(SC[C@H]3COc4ccccc4O3)[nH]c2c1. The summed E-state index contributed by atoms with van der Waals surface area (Å²) in [5, 5.41) is 11.5. The number of fused-ring (bicyclic) bond motifs is 2. The summed E-state index contributed by atoms with van der Waals surface area (Å²) >= 11 is 1.50. The summed E-state index contributed by atoms with van der Waals surface area (Å²) in [6.45, 7) is 0.482. The number of hydrogen-bond acceptors (Lipinski definition) is 6. The molecule has 1 aliphatic heterocycles. The van der Waals surface area contributed by atoms with Gasteiger partial charge < -0.3 is 14.5 Å². The number of nitro benzene ring substituents is 1. The zero-order chi connectivity index (χ0) is 16.5. The number of thioether (sulfide) groups is 1. The third kappa shape index (κ3) is 2.88. The number of nitro groups is 1. The number of aromatic nitrogens is 2. The van der Waals surface area contributed by atoms with E-state index in [9.17, 15) is 10.1 Å². The van der Waals surface area contributed by atoms with E-state index in [0.29, 0.717) is 28.5 Å². The Balaban J connectivity index is 1.45. The molecule has 1 N–H and O–H groups in total. The fraction of sp³-hybridized carbons (Fsp3) is 0.188. The highest BCUT2D eigenvalue weighted by atomic mass is 32.2. The summed E-state index contributed by atoms with van der Waals surface area (Å²) in [4.78, 5) is 17.9. The molecule has 4 rings (SSSR count). The smallest absolute Gasteiger partial charge is 0.271 e. The van der Waals surface area contributed by atoms with E-state index in [4.69, 9.17) is 9.47 Å². The van der Waals surface area contributed by atoms with Crippen LogP contribution in [-0.2, 0) is 0 Å². The van der Waals surface area contributed by atoms with Gasteiger partial charge in [0.1, 0.15) is 12.7 Å². The second kappa shape index (κ2) is 6.04. The Morgan fingerprint density at radius 2 is 2.12 bits per heavy atom. The van der Waals surface area contributed by atoms with Crippen LogP contribution in [0.3, 0.4) is 0 Å². The minimum atomic E-state index is -0.419. The van der Waals surface area contributed by atoms with Crippen molar-refractivity contribution in [3.05, 3.63) is 52.6 Å². The largest absolute Gasteiger partial charge is 0.486 e. The molecule has 0 unspecified atom stereocenters. The highest BCUT2D eigenvalue weighted by Gasteiger charge is 2.21. The molecule has 0 spiro atoms. The second-order valence-corrected chi connectivity index (χ2v) is 6.32. The zero-order valence-electron chi connectivity index (χ0n) is 12.5. The first-order chi connectivity index (χ1) is 11.7. The van der Waals surface area contributed by atoms with E-state index in [1.807, 2.05) is 24.3 Å². The quantitative estimate of drug-likeness (QED) is 0.443. The molecule has 0 saturated carbocycles. The Morgan fingerprint density at radius 1 is 1.29 bits per heavy atom. The van der Waals surface area contributed by atoms with Crippen LogP contribution in [0.2, 0.25) is 0 Å². The fourth-order valence-electron chi connectivity index (χ4n) is 2.47. The monoisotopic (exact) mass is 343 g/mol. The first-order valence-electron chi connectivity index (χ1n) is 7.34. The molecule has 0 amide bonds. The van der Waals surface area contributed by atoms with Gasteiger partial charge >= 0.3 is 0 Å². The second-order valence-electron chi connectivity index (χ2n) is 5.31. The third-order valence-electron chi connectivity index (χ3n) is 3.63. The Labute approximate surface area is 141 Å². The van der Waals surface area contributed by atoms with Gasteiger partial charge in [-0.05, 0) is 18.2 Å². The highest BCUT2D eigenvalue weighted by Crippen LogP contribution is 2.32. The maximum absolute atomic E-state index is 10.8. The van der Waals surface area contributed by atoms with Gasteiger partial charge in [0.15, 0.2) is 16.7 Å². The number of imidazole rings is 1. The van der Waals surface area contributed by atoms with Crippen LogP contribution in [0.15, 0.2) is 47.6 Å². The molecule has 8 heteroatoms. The third-order valence-corrected chi connectivity index (χ3v) is 4.63. The van der Waals surface area contributed by atoms with Crippen LogP contribution in [0.5, 0.6) is 11.5 Å². The van der Waals surface area contributed by atoms with Crippen molar-refractivity contribution in [3.63, 3.8) is 0 Å². The van der Waals surface area contributed by atoms with Crippen molar-refractivity contribution in [2.45, 2.75) is 11.3 Å². The summed E-state index contributed by atoms with van der Waals surface area (Å²) in [5.41, 5.74) is 1.40. The van der Waals surface area contributed by atoms with E-state index >= 15 is 0 Å². The molecule has 1 atom stereocenters.